The van der Waals surface area contributed by atoms with Gasteiger partial charge < -0.3 is 15.1 Å². The number of hydrogen-bond acceptors (Lipinski definition) is 3. The molecule has 2 fully saturated rings. The molecule has 0 saturated carbocycles. The second-order valence-corrected chi connectivity index (χ2v) is 5.19. The SMILES string of the molecule is CCC(C(=O)O)C1(O)CCN2CCCC2C1. The van der Waals surface area contributed by atoms with Crippen LogP contribution in [-0.2, 0) is 4.79 Å². The predicted octanol–water partition coefficient (Wildman–Crippen LogP) is 1.09. The zero-order valence-electron chi connectivity index (χ0n) is 9.85. The van der Waals surface area contributed by atoms with Gasteiger partial charge in [-0.05, 0) is 38.6 Å². The highest BCUT2D eigenvalue weighted by atomic mass is 16.4. The molecule has 0 aromatic heterocycles. The Kier molecular flexibility index (Phi) is 3.22. The minimum Gasteiger partial charge on any atom is -0.481 e. The Morgan fingerprint density at radius 3 is 2.94 bits per heavy atom. The molecule has 3 atom stereocenters. The second-order valence-electron chi connectivity index (χ2n) is 5.19. The molecule has 2 rings (SSSR count). The van der Waals surface area contributed by atoms with E-state index in [1.807, 2.05) is 6.92 Å². The van der Waals surface area contributed by atoms with Crippen LogP contribution in [0.15, 0.2) is 0 Å². The van der Waals surface area contributed by atoms with Gasteiger partial charge in [0.2, 0.25) is 0 Å². The molecule has 2 aliphatic rings. The van der Waals surface area contributed by atoms with Crippen LogP contribution in [0.25, 0.3) is 0 Å². The monoisotopic (exact) mass is 227 g/mol. The van der Waals surface area contributed by atoms with Crippen molar-refractivity contribution in [1.82, 2.24) is 4.90 Å². The number of aliphatic hydroxyl groups is 1. The summed E-state index contributed by atoms with van der Waals surface area (Å²) in [5, 5.41) is 19.7. The van der Waals surface area contributed by atoms with Crippen LogP contribution in [0.2, 0.25) is 0 Å². The second kappa shape index (κ2) is 4.34. The number of carbonyl (C=O) groups is 1. The lowest BCUT2D eigenvalue weighted by atomic mass is 9.75. The minimum absolute atomic E-state index is 0.409. The summed E-state index contributed by atoms with van der Waals surface area (Å²) in [6.45, 7) is 3.81. The van der Waals surface area contributed by atoms with Crippen LogP contribution in [0.4, 0.5) is 0 Å². The van der Waals surface area contributed by atoms with Crippen molar-refractivity contribution < 1.29 is 15.0 Å². The molecule has 92 valence electrons. The standard InChI is InChI=1S/C12H21NO3/c1-2-10(11(14)15)12(16)5-7-13-6-3-4-9(13)8-12/h9-10,16H,2-8H2,1H3,(H,14,15). The topological polar surface area (TPSA) is 60.8 Å². The number of piperidine rings is 1. The van der Waals surface area contributed by atoms with E-state index in [0.717, 1.165) is 19.5 Å². The first-order chi connectivity index (χ1) is 7.57. The summed E-state index contributed by atoms with van der Waals surface area (Å²) in [4.78, 5) is 13.5. The van der Waals surface area contributed by atoms with Crippen molar-refractivity contribution in [3.8, 4) is 0 Å². The van der Waals surface area contributed by atoms with Gasteiger partial charge in [0, 0.05) is 12.6 Å². The molecule has 0 aromatic rings. The van der Waals surface area contributed by atoms with E-state index in [9.17, 15) is 9.90 Å². The van der Waals surface area contributed by atoms with Gasteiger partial charge in [0.25, 0.3) is 0 Å². The van der Waals surface area contributed by atoms with Gasteiger partial charge in [0.15, 0.2) is 0 Å². The third kappa shape index (κ3) is 1.96. The van der Waals surface area contributed by atoms with Gasteiger partial charge >= 0.3 is 5.97 Å². The number of carboxylic acid groups (broad SMARTS) is 1. The van der Waals surface area contributed by atoms with Crippen LogP contribution < -0.4 is 0 Å². The largest absolute Gasteiger partial charge is 0.481 e. The van der Waals surface area contributed by atoms with Crippen molar-refractivity contribution in [1.29, 1.82) is 0 Å². The van der Waals surface area contributed by atoms with E-state index >= 15 is 0 Å². The van der Waals surface area contributed by atoms with Gasteiger partial charge in [-0.2, -0.15) is 0 Å². The number of nitrogens with zero attached hydrogens (tertiary/aromatic N) is 1. The molecule has 0 aromatic carbocycles. The first-order valence-corrected chi connectivity index (χ1v) is 6.26. The Morgan fingerprint density at radius 2 is 2.31 bits per heavy atom. The first kappa shape index (κ1) is 11.9. The molecule has 16 heavy (non-hydrogen) atoms. The molecule has 0 radical (unpaired) electrons. The van der Waals surface area contributed by atoms with Crippen molar-refractivity contribution in [2.24, 2.45) is 5.92 Å². The lowest BCUT2D eigenvalue weighted by Gasteiger charge is -2.43. The molecular formula is C12H21NO3. The van der Waals surface area contributed by atoms with Crippen LogP contribution in [0.5, 0.6) is 0 Å². The van der Waals surface area contributed by atoms with Crippen molar-refractivity contribution in [2.45, 2.75) is 50.7 Å². The third-order valence-corrected chi connectivity index (χ3v) is 4.28. The van der Waals surface area contributed by atoms with Crippen LogP contribution >= 0.6 is 0 Å². The zero-order chi connectivity index (χ0) is 11.8. The number of fused-ring (bicyclic) bond motifs is 1. The molecular weight excluding hydrogens is 206 g/mol. The van der Waals surface area contributed by atoms with E-state index in [2.05, 4.69) is 4.90 Å². The maximum atomic E-state index is 11.2. The van der Waals surface area contributed by atoms with Gasteiger partial charge in [-0.15, -0.1) is 0 Å². The highest BCUT2D eigenvalue weighted by Crippen LogP contribution is 2.38. The van der Waals surface area contributed by atoms with Gasteiger partial charge in [0.1, 0.15) is 0 Å². The van der Waals surface area contributed by atoms with Crippen molar-refractivity contribution in [3.05, 3.63) is 0 Å². The minimum atomic E-state index is -0.980. The fourth-order valence-corrected chi connectivity index (χ4v) is 3.37. The molecule has 0 aliphatic carbocycles. The molecule has 2 heterocycles. The van der Waals surface area contributed by atoms with E-state index in [1.165, 1.54) is 6.42 Å². The van der Waals surface area contributed by atoms with E-state index < -0.39 is 17.5 Å². The quantitative estimate of drug-likeness (QED) is 0.757. The van der Waals surface area contributed by atoms with E-state index in [0.29, 0.717) is 25.3 Å². The highest BCUT2D eigenvalue weighted by molar-refractivity contribution is 5.71. The highest BCUT2D eigenvalue weighted by Gasteiger charge is 2.46. The molecule has 2 saturated heterocycles. The Balaban J connectivity index is 2.10. The zero-order valence-corrected chi connectivity index (χ0v) is 9.85. The average Bonchev–Trinajstić information content (AvgIpc) is 2.64. The summed E-state index contributed by atoms with van der Waals surface area (Å²) in [5.74, 6) is -1.45. The summed E-state index contributed by atoms with van der Waals surface area (Å²) in [6, 6.07) is 0.409. The van der Waals surface area contributed by atoms with E-state index in [-0.39, 0.29) is 0 Å². The van der Waals surface area contributed by atoms with Crippen molar-refractivity contribution in [3.63, 3.8) is 0 Å². The van der Waals surface area contributed by atoms with Crippen LogP contribution in [-0.4, -0.2) is 45.8 Å². The summed E-state index contributed by atoms with van der Waals surface area (Å²) in [7, 11) is 0. The molecule has 0 amide bonds. The van der Waals surface area contributed by atoms with Gasteiger partial charge in [-0.25, -0.2) is 0 Å². The average molecular weight is 227 g/mol. The number of rotatable bonds is 3. The summed E-state index contributed by atoms with van der Waals surface area (Å²) in [6.07, 6.45) is 4.05. The Bertz CT molecular complexity index is 281. The lowest BCUT2D eigenvalue weighted by molar-refractivity contribution is -0.158. The van der Waals surface area contributed by atoms with E-state index in [1.54, 1.807) is 0 Å². The van der Waals surface area contributed by atoms with Crippen LogP contribution in [0.1, 0.15) is 39.0 Å². The van der Waals surface area contributed by atoms with E-state index in [4.69, 9.17) is 5.11 Å². The molecule has 2 aliphatic heterocycles. The van der Waals surface area contributed by atoms with Gasteiger partial charge in [-0.3, -0.25) is 4.79 Å². The van der Waals surface area contributed by atoms with Crippen LogP contribution in [0, 0.1) is 5.92 Å². The predicted molar refractivity (Wildman–Crippen MR) is 60.2 cm³/mol. The smallest absolute Gasteiger partial charge is 0.309 e. The maximum absolute atomic E-state index is 11.2. The number of aliphatic carboxylic acids is 1. The Hall–Kier alpha value is -0.610. The number of carboxylic acids is 1. The summed E-state index contributed by atoms with van der Waals surface area (Å²) in [5.41, 5.74) is -0.980. The molecule has 3 unspecified atom stereocenters. The molecule has 4 heteroatoms. The van der Waals surface area contributed by atoms with Crippen LogP contribution in [0.3, 0.4) is 0 Å². The fraction of sp³-hybridized carbons (Fsp3) is 0.917. The van der Waals surface area contributed by atoms with Gasteiger partial charge in [-0.1, -0.05) is 6.92 Å². The van der Waals surface area contributed by atoms with Gasteiger partial charge in [0.05, 0.1) is 11.5 Å². The Labute approximate surface area is 96.3 Å². The summed E-state index contributed by atoms with van der Waals surface area (Å²) < 4.78 is 0. The maximum Gasteiger partial charge on any atom is 0.309 e. The fourth-order valence-electron chi connectivity index (χ4n) is 3.37. The van der Waals surface area contributed by atoms with Crippen molar-refractivity contribution >= 4 is 5.97 Å². The normalized spacial score (nSPS) is 37.0. The molecule has 2 N–H and O–H groups in total. The van der Waals surface area contributed by atoms with Crippen molar-refractivity contribution in [2.75, 3.05) is 13.1 Å². The molecule has 0 spiro atoms. The molecule has 0 bridgehead atoms. The number of hydrogen-bond donors (Lipinski definition) is 2. The molecule has 4 nitrogen and oxygen atoms in total. The summed E-state index contributed by atoms with van der Waals surface area (Å²) >= 11 is 0. The lowest BCUT2D eigenvalue weighted by Crippen LogP contribution is -2.53. The third-order valence-electron chi connectivity index (χ3n) is 4.28. The Morgan fingerprint density at radius 1 is 1.56 bits per heavy atom. The first-order valence-electron chi connectivity index (χ1n) is 6.26.